The first-order valence-electron chi connectivity index (χ1n) is 12.4. The molecule has 7 heteroatoms. The maximum Gasteiger partial charge on any atom is 0.408 e. The zero-order valence-electron chi connectivity index (χ0n) is 22.6. The molecule has 3 amide bonds. The van der Waals surface area contributed by atoms with Crippen molar-refractivity contribution >= 4 is 17.9 Å². The van der Waals surface area contributed by atoms with Gasteiger partial charge in [-0.2, -0.15) is 0 Å². The Kier molecular flexibility index (Phi) is 11.6. The minimum absolute atomic E-state index is 0.0740. The number of rotatable bonds is 11. The Labute approximate surface area is 206 Å². The molecule has 0 aliphatic heterocycles. The van der Waals surface area contributed by atoms with Gasteiger partial charge in [0, 0.05) is 12.6 Å². The first kappa shape index (κ1) is 29.5. The summed E-state index contributed by atoms with van der Waals surface area (Å²) >= 11 is 0. The summed E-state index contributed by atoms with van der Waals surface area (Å²) in [6, 6.07) is 4.19. The highest BCUT2D eigenvalue weighted by Crippen LogP contribution is 2.27. The van der Waals surface area contributed by atoms with E-state index in [9.17, 15) is 14.4 Å². The third-order valence-electron chi connectivity index (χ3n) is 5.35. The Bertz CT molecular complexity index is 830. The van der Waals surface area contributed by atoms with Crippen molar-refractivity contribution < 1.29 is 19.1 Å². The number of carbonyl (C=O) groups excluding carboxylic acids is 3. The van der Waals surface area contributed by atoms with Crippen LogP contribution in [-0.2, 0) is 14.3 Å². The summed E-state index contributed by atoms with van der Waals surface area (Å²) < 4.78 is 5.33. The number of carbonyl (C=O) groups is 3. The van der Waals surface area contributed by atoms with Crippen LogP contribution in [0.5, 0.6) is 0 Å². The lowest BCUT2D eigenvalue weighted by molar-refractivity contribution is -0.142. The molecular weight excluding hydrogens is 430 g/mol. The SMILES string of the molecule is CCCCCCN(C(=O)C(C)NC(=O)OC(C)(C)C)C(C(=O)NC(C)C)c1ccc(C)cc1C. The first-order valence-corrected chi connectivity index (χ1v) is 12.4. The topological polar surface area (TPSA) is 87.7 Å². The first-order chi connectivity index (χ1) is 15.8. The number of aryl methyl sites for hydroxylation is 2. The molecule has 1 rings (SSSR count). The average Bonchev–Trinajstić information content (AvgIpc) is 2.68. The van der Waals surface area contributed by atoms with Crippen molar-refractivity contribution in [2.45, 2.75) is 112 Å². The quantitative estimate of drug-likeness (QED) is 0.431. The van der Waals surface area contributed by atoms with Gasteiger partial charge < -0.3 is 20.3 Å². The number of benzene rings is 1. The number of amides is 3. The molecule has 0 fully saturated rings. The maximum atomic E-state index is 13.7. The van der Waals surface area contributed by atoms with E-state index < -0.39 is 23.8 Å². The second kappa shape index (κ2) is 13.4. The van der Waals surface area contributed by atoms with Gasteiger partial charge in [0.25, 0.3) is 0 Å². The van der Waals surface area contributed by atoms with Crippen LogP contribution in [0.15, 0.2) is 18.2 Å². The molecule has 0 aliphatic carbocycles. The van der Waals surface area contributed by atoms with E-state index in [2.05, 4.69) is 17.6 Å². The number of hydrogen-bond donors (Lipinski definition) is 2. The van der Waals surface area contributed by atoms with E-state index in [-0.39, 0.29) is 17.9 Å². The number of nitrogens with zero attached hydrogens (tertiary/aromatic N) is 1. The molecule has 0 saturated heterocycles. The standard InChI is InChI=1S/C27H45N3O4/c1-10-11-12-13-16-30(25(32)21(6)29-26(33)34-27(7,8)9)23(24(31)28-18(2)3)22-15-14-19(4)17-20(22)5/h14-15,17-18,21,23H,10-13,16H2,1-9H3,(H,28,31)(H,29,33). The fraction of sp³-hybridized carbons (Fsp3) is 0.667. The van der Waals surface area contributed by atoms with Gasteiger partial charge in [-0.25, -0.2) is 4.79 Å². The van der Waals surface area contributed by atoms with E-state index in [4.69, 9.17) is 4.74 Å². The van der Waals surface area contributed by atoms with Gasteiger partial charge in [-0.15, -0.1) is 0 Å². The number of alkyl carbamates (subject to hydrolysis) is 1. The molecule has 0 heterocycles. The molecule has 192 valence electrons. The van der Waals surface area contributed by atoms with Gasteiger partial charge in [0.1, 0.15) is 17.7 Å². The summed E-state index contributed by atoms with van der Waals surface area (Å²) in [4.78, 5) is 41.0. The van der Waals surface area contributed by atoms with E-state index in [0.717, 1.165) is 42.4 Å². The van der Waals surface area contributed by atoms with Gasteiger partial charge in [-0.1, -0.05) is 49.9 Å². The third-order valence-corrected chi connectivity index (χ3v) is 5.35. The molecule has 0 radical (unpaired) electrons. The van der Waals surface area contributed by atoms with Crippen molar-refractivity contribution in [3.8, 4) is 0 Å². The van der Waals surface area contributed by atoms with Crippen LogP contribution in [-0.4, -0.2) is 47.0 Å². The normalized spacial score (nSPS) is 13.2. The number of nitrogens with one attached hydrogen (secondary N) is 2. The molecule has 7 nitrogen and oxygen atoms in total. The summed E-state index contributed by atoms with van der Waals surface area (Å²) in [6.45, 7) is 17.2. The van der Waals surface area contributed by atoms with E-state index in [1.54, 1.807) is 32.6 Å². The van der Waals surface area contributed by atoms with Gasteiger partial charge in [-0.05, 0) is 72.9 Å². The van der Waals surface area contributed by atoms with Gasteiger partial charge in [-0.3, -0.25) is 9.59 Å². The fourth-order valence-electron chi connectivity index (χ4n) is 3.82. The highest BCUT2D eigenvalue weighted by atomic mass is 16.6. The molecule has 34 heavy (non-hydrogen) atoms. The van der Waals surface area contributed by atoms with Gasteiger partial charge >= 0.3 is 6.09 Å². The Balaban J connectivity index is 3.35. The van der Waals surface area contributed by atoms with Gasteiger partial charge in [0.15, 0.2) is 0 Å². The lowest BCUT2D eigenvalue weighted by Gasteiger charge is -2.35. The van der Waals surface area contributed by atoms with Gasteiger partial charge in [0.2, 0.25) is 11.8 Å². The lowest BCUT2D eigenvalue weighted by Crippen LogP contribution is -2.52. The summed E-state index contributed by atoms with van der Waals surface area (Å²) in [5.41, 5.74) is 2.15. The third kappa shape index (κ3) is 9.74. The van der Waals surface area contributed by atoms with Crippen molar-refractivity contribution in [3.63, 3.8) is 0 Å². The zero-order valence-corrected chi connectivity index (χ0v) is 22.6. The summed E-state index contributed by atoms with van der Waals surface area (Å²) in [5.74, 6) is -0.540. The number of ether oxygens (including phenoxy) is 1. The number of unbranched alkanes of at least 4 members (excludes halogenated alkanes) is 3. The van der Waals surface area contributed by atoms with Crippen molar-refractivity contribution in [1.29, 1.82) is 0 Å². The van der Waals surface area contributed by atoms with Crippen LogP contribution >= 0.6 is 0 Å². The van der Waals surface area contributed by atoms with E-state index in [1.807, 2.05) is 45.9 Å². The molecule has 0 spiro atoms. The number of hydrogen-bond acceptors (Lipinski definition) is 4. The van der Waals surface area contributed by atoms with Crippen LogP contribution < -0.4 is 10.6 Å². The van der Waals surface area contributed by atoms with E-state index in [1.165, 1.54) is 0 Å². The molecule has 0 aliphatic rings. The van der Waals surface area contributed by atoms with Crippen molar-refractivity contribution in [3.05, 3.63) is 34.9 Å². The minimum Gasteiger partial charge on any atom is -0.444 e. The van der Waals surface area contributed by atoms with Crippen LogP contribution in [0.2, 0.25) is 0 Å². The Morgan fingerprint density at radius 3 is 2.18 bits per heavy atom. The second-order valence-corrected chi connectivity index (χ2v) is 10.4. The molecule has 2 atom stereocenters. The molecule has 0 bridgehead atoms. The zero-order chi connectivity index (χ0) is 26.1. The highest BCUT2D eigenvalue weighted by molar-refractivity contribution is 5.92. The molecule has 1 aromatic rings. The predicted molar refractivity (Wildman–Crippen MR) is 137 cm³/mol. The van der Waals surface area contributed by atoms with E-state index >= 15 is 0 Å². The molecule has 0 aromatic heterocycles. The predicted octanol–water partition coefficient (Wildman–Crippen LogP) is 5.19. The maximum absolute atomic E-state index is 13.7. The Morgan fingerprint density at radius 1 is 1.00 bits per heavy atom. The van der Waals surface area contributed by atoms with Crippen molar-refractivity contribution in [1.82, 2.24) is 15.5 Å². The second-order valence-electron chi connectivity index (χ2n) is 10.4. The van der Waals surface area contributed by atoms with E-state index in [0.29, 0.717) is 6.54 Å². The van der Waals surface area contributed by atoms with Crippen LogP contribution in [0.25, 0.3) is 0 Å². The van der Waals surface area contributed by atoms with Crippen LogP contribution in [0.3, 0.4) is 0 Å². The molecular formula is C27H45N3O4. The van der Waals surface area contributed by atoms with Gasteiger partial charge in [0.05, 0.1) is 0 Å². The summed E-state index contributed by atoms with van der Waals surface area (Å²) in [6.07, 6.45) is 3.20. The lowest BCUT2D eigenvalue weighted by atomic mass is 9.96. The molecule has 0 saturated carbocycles. The average molecular weight is 476 g/mol. The molecule has 2 N–H and O–H groups in total. The minimum atomic E-state index is -0.846. The fourth-order valence-corrected chi connectivity index (χ4v) is 3.82. The summed E-state index contributed by atoms with van der Waals surface area (Å²) in [5, 5.41) is 5.63. The van der Waals surface area contributed by atoms with Crippen molar-refractivity contribution in [2.75, 3.05) is 6.54 Å². The van der Waals surface area contributed by atoms with Crippen molar-refractivity contribution in [2.24, 2.45) is 0 Å². The molecule has 2 unspecified atom stereocenters. The Morgan fingerprint density at radius 2 is 1.65 bits per heavy atom. The van der Waals surface area contributed by atoms with Crippen LogP contribution in [0.4, 0.5) is 4.79 Å². The molecule has 1 aromatic carbocycles. The Hall–Kier alpha value is -2.57. The summed E-state index contributed by atoms with van der Waals surface area (Å²) in [7, 11) is 0. The van der Waals surface area contributed by atoms with Crippen LogP contribution in [0.1, 0.15) is 96.9 Å². The largest absolute Gasteiger partial charge is 0.444 e. The van der Waals surface area contributed by atoms with Crippen LogP contribution in [0, 0.1) is 13.8 Å². The smallest absolute Gasteiger partial charge is 0.408 e. The monoisotopic (exact) mass is 475 g/mol. The highest BCUT2D eigenvalue weighted by Gasteiger charge is 2.35.